The van der Waals surface area contributed by atoms with Gasteiger partial charge in [-0.15, -0.1) is 0 Å². The van der Waals surface area contributed by atoms with Crippen molar-refractivity contribution in [3.05, 3.63) is 24.2 Å². The highest BCUT2D eigenvalue weighted by molar-refractivity contribution is 5.07. The molecular formula is C13H22N2O. The van der Waals surface area contributed by atoms with Crippen LogP contribution in [-0.2, 0) is 0 Å². The van der Waals surface area contributed by atoms with Gasteiger partial charge in [-0.05, 0) is 32.4 Å². The molecule has 2 rings (SSSR count). The normalized spacial score (nSPS) is 23.2. The van der Waals surface area contributed by atoms with Gasteiger partial charge in [0, 0.05) is 25.2 Å². The fourth-order valence-corrected chi connectivity index (χ4v) is 2.63. The van der Waals surface area contributed by atoms with Crippen molar-refractivity contribution in [3.8, 4) is 0 Å². The molecule has 3 nitrogen and oxygen atoms in total. The average Bonchev–Trinajstić information content (AvgIpc) is 2.75. The van der Waals surface area contributed by atoms with E-state index in [2.05, 4.69) is 37.1 Å². The standard InChI is InChI=1S/C13H22N2O/c1-4-11(12-6-5-9-16-12)15-8-7-14-10-13(15,2)3/h5-6,9,11,14H,4,7-8,10H2,1-3H3. The first-order valence-electron chi connectivity index (χ1n) is 6.16. The molecule has 0 aromatic carbocycles. The Labute approximate surface area is 97.8 Å². The molecule has 0 bridgehead atoms. The van der Waals surface area contributed by atoms with Crippen LogP contribution < -0.4 is 5.32 Å². The minimum Gasteiger partial charge on any atom is -0.468 e. The molecule has 0 aliphatic carbocycles. The van der Waals surface area contributed by atoms with Gasteiger partial charge >= 0.3 is 0 Å². The van der Waals surface area contributed by atoms with Crippen LogP contribution >= 0.6 is 0 Å². The number of furan rings is 1. The summed E-state index contributed by atoms with van der Waals surface area (Å²) >= 11 is 0. The minimum absolute atomic E-state index is 0.200. The Morgan fingerprint density at radius 1 is 1.56 bits per heavy atom. The first-order chi connectivity index (χ1) is 7.65. The Morgan fingerprint density at radius 2 is 2.38 bits per heavy atom. The van der Waals surface area contributed by atoms with E-state index in [9.17, 15) is 0 Å². The smallest absolute Gasteiger partial charge is 0.120 e. The van der Waals surface area contributed by atoms with Gasteiger partial charge in [0.1, 0.15) is 5.76 Å². The summed E-state index contributed by atoms with van der Waals surface area (Å²) in [6, 6.07) is 4.48. The lowest BCUT2D eigenvalue weighted by atomic mass is 9.95. The van der Waals surface area contributed by atoms with Crippen molar-refractivity contribution in [1.29, 1.82) is 0 Å². The summed E-state index contributed by atoms with van der Waals surface area (Å²) in [7, 11) is 0. The molecule has 0 spiro atoms. The summed E-state index contributed by atoms with van der Waals surface area (Å²) < 4.78 is 5.57. The fraction of sp³-hybridized carbons (Fsp3) is 0.692. The molecule has 0 radical (unpaired) electrons. The number of rotatable bonds is 3. The van der Waals surface area contributed by atoms with Crippen LogP contribution in [0.2, 0.25) is 0 Å². The molecule has 1 unspecified atom stereocenters. The van der Waals surface area contributed by atoms with Gasteiger partial charge in [-0.25, -0.2) is 0 Å². The van der Waals surface area contributed by atoms with Crippen LogP contribution in [0, 0.1) is 0 Å². The molecule has 1 aromatic rings. The lowest BCUT2D eigenvalue weighted by Crippen LogP contribution is -2.58. The molecular weight excluding hydrogens is 200 g/mol. The van der Waals surface area contributed by atoms with Crippen LogP contribution in [0.4, 0.5) is 0 Å². The summed E-state index contributed by atoms with van der Waals surface area (Å²) in [6.07, 6.45) is 2.87. The van der Waals surface area contributed by atoms with Crippen molar-refractivity contribution in [1.82, 2.24) is 10.2 Å². The second kappa shape index (κ2) is 4.60. The van der Waals surface area contributed by atoms with Gasteiger partial charge in [0.05, 0.1) is 12.3 Å². The first-order valence-corrected chi connectivity index (χ1v) is 6.16. The summed E-state index contributed by atoms with van der Waals surface area (Å²) in [6.45, 7) is 10.0. The van der Waals surface area contributed by atoms with Crippen LogP contribution in [0.15, 0.2) is 22.8 Å². The van der Waals surface area contributed by atoms with E-state index in [1.807, 2.05) is 6.07 Å². The third kappa shape index (κ3) is 2.15. The third-order valence-corrected chi connectivity index (χ3v) is 3.50. The highest BCUT2D eigenvalue weighted by Crippen LogP contribution is 2.31. The van der Waals surface area contributed by atoms with Crippen molar-refractivity contribution in [2.45, 2.75) is 38.8 Å². The maximum atomic E-state index is 5.57. The van der Waals surface area contributed by atoms with E-state index in [0.29, 0.717) is 6.04 Å². The van der Waals surface area contributed by atoms with Gasteiger partial charge in [0.15, 0.2) is 0 Å². The van der Waals surface area contributed by atoms with Crippen LogP contribution in [0.3, 0.4) is 0 Å². The number of nitrogens with one attached hydrogen (secondary N) is 1. The number of piperazine rings is 1. The molecule has 1 aromatic heterocycles. The predicted octanol–water partition coefficient (Wildman–Crippen LogP) is 2.41. The minimum atomic E-state index is 0.200. The predicted molar refractivity (Wildman–Crippen MR) is 65.4 cm³/mol. The largest absolute Gasteiger partial charge is 0.468 e. The third-order valence-electron chi connectivity index (χ3n) is 3.50. The SMILES string of the molecule is CCC(c1ccco1)N1CCNCC1(C)C. The van der Waals surface area contributed by atoms with Crippen molar-refractivity contribution in [2.24, 2.45) is 0 Å². The van der Waals surface area contributed by atoms with Crippen molar-refractivity contribution >= 4 is 0 Å². The Morgan fingerprint density at radius 3 is 2.94 bits per heavy atom. The highest BCUT2D eigenvalue weighted by Gasteiger charge is 2.35. The first kappa shape index (κ1) is 11.7. The fourth-order valence-electron chi connectivity index (χ4n) is 2.63. The van der Waals surface area contributed by atoms with E-state index in [1.165, 1.54) is 0 Å². The highest BCUT2D eigenvalue weighted by atomic mass is 16.3. The van der Waals surface area contributed by atoms with Gasteiger partial charge < -0.3 is 9.73 Å². The van der Waals surface area contributed by atoms with Gasteiger partial charge in [-0.3, -0.25) is 4.90 Å². The molecule has 0 saturated carbocycles. The van der Waals surface area contributed by atoms with E-state index in [4.69, 9.17) is 4.42 Å². The maximum Gasteiger partial charge on any atom is 0.120 e. The molecule has 0 amide bonds. The van der Waals surface area contributed by atoms with Gasteiger partial charge in [0.2, 0.25) is 0 Å². The van der Waals surface area contributed by atoms with Crippen LogP contribution in [0.1, 0.15) is 39.0 Å². The average molecular weight is 222 g/mol. The molecule has 1 fully saturated rings. The zero-order valence-corrected chi connectivity index (χ0v) is 10.5. The monoisotopic (exact) mass is 222 g/mol. The van der Waals surface area contributed by atoms with Gasteiger partial charge in [-0.1, -0.05) is 6.92 Å². The van der Waals surface area contributed by atoms with Crippen molar-refractivity contribution in [2.75, 3.05) is 19.6 Å². The van der Waals surface area contributed by atoms with Crippen LogP contribution in [0.5, 0.6) is 0 Å². The summed E-state index contributed by atoms with van der Waals surface area (Å²) in [4.78, 5) is 2.56. The molecule has 1 aliphatic rings. The molecule has 90 valence electrons. The zero-order chi connectivity index (χ0) is 11.6. The molecule has 3 heteroatoms. The van der Waals surface area contributed by atoms with E-state index >= 15 is 0 Å². The summed E-state index contributed by atoms with van der Waals surface area (Å²) in [5.41, 5.74) is 0.200. The van der Waals surface area contributed by atoms with E-state index in [0.717, 1.165) is 31.8 Å². The lowest BCUT2D eigenvalue weighted by Gasteiger charge is -2.46. The second-order valence-corrected chi connectivity index (χ2v) is 5.12. The van der Waals surface area contributed by atoms with E-state index in [-0.39, 0.29) is 5.54 Å². The number of hydrogen-bond acceptors (Lipinski definition) is 3. The van der Waals surface area contributed by atoms with Gasteiger partial charge in [0.25, 0.3) is 0 Å². The van der Waals surface area contributed by atoms with E-state index in [1.54, 1.807) is 6.26 Å². The Hall–Kier alpha value is -0.800. The maximum absolute atomic E-state index is 5.57. The Balaban J connectivity index is 2.20. The molecule has 1 aliphatic heterocycles. The Bertz CT molecular complexity index is 319. The zero-order valence-electron chi connectivity index (χ0n) is 10.5. The lowest BCUT2D eigenvalue weighted by molar-refractivity contribution is 0.0329. The van der Waals surface area contributed by atoms with Crippen molar-refractivity contribution in [3.63, 3.8) is 0 Å². The molecule has 1 atom stereocenters. The van der Waals surface area contributed by atoms with Gasteiger partial charge in [-0.2, -0.15) is 0 Å². The summed E-state index contributed by atoms with van der Waals surface area (Å²) in [5, 5.41) is 3.46. The molecule has 16 heavy (non-hydrogen) atoms. The molecule has 1 N–H and O–H groups in total. The van der Waals surface area contributed by atoms with E-state index < -0.39 is 0 Å². The van der Waals surface area contributed by atoms with Crippen LogP contribution in [0.25, 0.3) is 0 Å². The second-order valence-electron chi connectivity index (χ2n) is 5.12. The summed E-state index contributed by atoms with van der Waals surface area (Å²) in [5.74, 6) is 1.09. The quantitative estimate of drug-likeness (QED) is 0.851. The van der Waals surface area contributed by atoms with Crippen molar-refractivity contribution < 1.29 is 4.42 Å². The number of nitrogens with zero attached hydrogens (tertiary/aromatic N) is 1. The molecule has 1 saturated heterocycles. The molecule has 2 heterocycles. The number of hydrogen-bond donors (Lipinski definition) is 1. The Kier molecular flexibility index (Phi) is 3.36. The van der Waals surface area contributed by atoms with Crippen LogP contribution in [-0.4, -0.2) is 30.1 Å². The topological polar surface area (TPSA) is 28.4 Å².